The molecule has 0 aromatic heterocycles. The van der Waals surface area contributed by atoms with Crippen LogP contribution in [0.2, 0.25) is 0 Å². The highest BCUT2D eigenvalue weighted by Crippen LogP contribution is 2.26. The Morgan fingerprint density at radius 1 is 1.11 bits per heavy atom. The van der Waals surface area contributed by atoms with Gasteiger partial charge < -0.3 is 5.32 Å². The average Bonchev–Trinajstić information content (AvgIpc) is 2.39. The first kappa shape index (κ1) is 13.8. The number of benzene rings is 2. The zero-order chi connectivity index (χ0) is 13.8. The lowest BCUT2D eigenvalue weighted by Crippen LogP contribution is -2.23. The lowest BCUT2D eigenvalue weighted by Gasteiger charge is -2.21. The largest absolute Gasteiger partial charge is 0.307 e. The van der Waals surface area contributed by atoms with Crippen molar-refractivity contribution in [1.29, 1.82) is 0 Å². The maximum atomic E-state index is 13.4. The molecule has 2 rings (SSSR count). The van der Waals surface area contributed by atoms with Crippen molar-refractivity contribution in [1.82, 2.24) is 5.32 Å². The highest BCUT2D eigenvalue weighted by Gasteiger charge is 2.15. The molecule has 0 radical (unpaired) electrons. The second-order valence-electron chi connectivity index (χ2n) is 4.91. The molecule has 0 saturated heterocycles. The normalized spacial score (nSPS) is 12.4. The molecule has 1 atom stereocenters. The molecule has 0 aliphatic rings. The molecule has 1 N–H and O–H groups in total. The van der Waals surface area contributed by atoms with Gasteiger partial charge in [-0.05, 0) is 49.2 Å². The van der Waals surface area contributed by atoms with Crippen LogP contribution >= 0.6 is 0 Å². The average molecular weight is 257 g/mol. The lowest BCUT2D eigenvalue weighted by molar-refractivity contribution is 0.601. The summed E-state index contributed by atoms with van der Waals surface area (Å²) in [5.74, 6) is -0.189. The molecule has 19 heavy (non-hydrogen) atoms. The molecule has 2 aromatic rings. The molecule has 0 saturated carbocycles. The van der Waals surface area contributed by atoms with Gasteiger partial charge in [-0.25, -0.2) is 4.39 Å². The Bertz CT molecular complexity index is 563. The van der Waals surface area contributed by atoms with Crippen LogP contribution in [0.15, 0.2) is 42.5 Å². The van der Waals surface area contributed by atoms with E-state index >= 15 is 0 Å². The summed E-state index contributed by atoms with van der Waals surface area (Å²) in [5.41, 5.74) is 4.63. The number of rotatable bonds is 4. The maximum Gasteiger partial charge on any atom is 0.123 e. The standard InChI is InChI=1S/C17H20FN/c1-4-19-17(14-6-5-7-15(18)11-14)16-10-12(2)8-9-13(16)3/h5-11,17,19H,4H2,1-3H3. The van der Waals surface area contributed by atoms with Crippen LogP contribution in [0.3, 0.4) is 0 Å². The van der Waals surface area contributed by atoms with Crippen LogP contribution in [0, 0.1) is 19.7 Å². The second-order valence-corrected chi connectivity index (χ2v) is 4.91. The molecule has 1 unspecified atom stereocenters. The monoisotopic (exact) mass is 257 g/mol. The van der Waals surface area contributed by atoms with Gasteiger partial charge in [-0.1, -0.05) is 42.8 Å². The summed E-state index contributed by atoms with van der Waals surface area (Å²) in [6.07, 6.45) is 0. The van der Waals surface area contributed by atoms with E-state index in [2.05, 4.69) is 44.3 Å². The minimum absolute atomic E-state index is 0.0422. The van der Waals surface area contributed by atoms with Crippen molar-refractivity contribution in [2.45, 2.75) is 26.8 Å². The number of halogens is 1. The number of nitrogens with one attached hydrogen (secondary N) is 1. The third-order valence-corrected chi connectivity index (χ3v) is 3.34. The summed E-state index contributed by atoms with van der Waals surface area (Å²) in [4.78, 5) is 0. The van der Waals surface area contributed by atoms with Gasteiger partial charge in [-0.3, -0.25) is 0 Å². The molecule has 0 aliphatic carbocycles. The van der Waals surface area contributed by atoms with Crippen LogP contribution in [0.1, 0.15) is 35.2 Å². The molecule has 0 spiro atoms. The predicted molar refractivity (Wildman–Crippen MR) is 77.8 cm³/mol. The highest BCUT2D eigenvalue weighted by atomic mass is 19.1. The van der Waals surface area contributed by atoms with Crippen LogP contribution in [-0.2, 0) is 0 Å². The summed E-state index contributed by atoms with van der Waals surface area (Å²) < 4.78 is 13.4. The molecular formula is C17H20FN. The van der Waals surface area contributed by atoms with Crippen LogP contribution in [-0.4, -0.2) is 6.54 Å². The third kappa shape index (κ3) is 3.21. The van der Waals surface area contributed by atoms with Crippen molar-refractivity contribution in [3.63, 3.8) is 0 Å². The van der Waals surface area contributed by atoms with Crippen molar-refractivity contribution in [2.24, 2.45) is 0 Å². The molecule has 0 heterocycles. The molecule has 1 nitrogen and oxygen atoms in total. The van der Waals surface area contributed by atoms with Gasteiger partial charge in [-0.15, -0.1) is 0 Å². The van der Waals surface area contributed by atoms with Crippen molar-refractivity contribution >= 4 is 0 Å². The Hall–Kier alpha value is -1.67. The SMILES string of the molecule is CCNC(c1cccc(F)c1)c1cc(C)ccc1C. The summed E-state index contributed by atoms with van der Waals surface area (Å²) in [6.45, 7) is 7.09. The van der Waals surface area contributed by atoms with E-state index in [1.807, 2.05) is 6.07 Å². The van der Waals surface area contributed by atoms with Crippen molar-refractivity contribution < 1.29 is 4.39 Å². The van der Waals surface area contributed by atoms with E-state index in [-0.39, 0.29) is 11.9 Å². The van der Waals surface area contributed by atoms with E-state index in [1.54, 1.807) is 12.1 Å². The van der Waals surface area contributed by atoms with Gasteiger partial charge >= 0.3 is 0 Å². The smallest absolute Gasteiger partial charge is 0.123 e. The fourth-order valence-electron chi connectivity index (χ4n) is 2.37. The maximum absolute atomic E-state index is 13.4. The van der Waals surface area contributed by atoms with Gasteiger partial charge in [0, 0.05) is 0 Å². The first-order chi connectivity index (χ1) is 9.11. The Kier molecular flexibility index (Phi) is 4.33. The third-order valence-electron chi connectivity index (χ3n) is 3.34. The van der Waals surface area contributed by atoms with Gasteiger partial charge in [-0.2, -0.15) is 0 Å². The fourth-order valence-corrected chi connectivity index (χ4v) is 2.37. The van der Waals surface area contributed by atoms with Gasteiger partial charge in [0.15, 0.2) is 0 Å². The fraction of sp³-hybridized carbons (Fsp3) is 0.294. The summed E-state index contributed by atoms with van der Waals surface area (Å²) in [7, 11) is 0. The molecule has 0 bridgehead atoms. The number of hydrogen-bond donors (Lipinski definition) is 1. The topological polar surface area (TPSA) is 12.0 Å². The van der Waals surface area contributed by atoms with Crippen LogP contribution in [0.5, 0.6) is 0 Å². The Balaban J connectivity index is 2.48. The summed E-state index contributed by atoms with van der Waals surface area (Å²) >= 11 is 0. The number of aryl methyl sites for hydroxylation is 2. The molecule has 2 aromatic carbocycles. The zero-order valence-electron chi connectivity index (χ0n) is 11.7. The molecule has 0 aliphatic heterocycles. The summed E-state index contributed by atoms with van der Waals surface area (Å²) in [5, 5.41) is 3.44. The second kappa shape index (κ2) is 5.98. The van der Waals surface area contributed by atoms with Crippen molar-refractivity contribution in [3.05, 3.63) is 70.5 Å². The zero-order valence-corrected chi connectivity index (χ0v) is 11.7. The van der Waals surface area contributed by atoms with E-state index in [0.717, 1.165) is 12.1 Å². The van der Waals surface area contributed by atoms with E-state index in [1.165, 1.54) is 22.8 Å². The lowest BCUT2D eigenvalue weighted by atomic mass is 9.93. The first-order valence-electron chi connectivity index (χ1n) is 6.68. The summed E-state index contributed by atoms with van der Waals surface area (Å²) in [6, 6.07) is 13.3. The van der Waals surface area contributed by atoms with E-state index in [0.29, 0.717) is 0 Å². The van der Waals surface area contributed by atoms with Crippen LogP contribution in [0.4, 0.5) is 4.39 Å². The quantitative estimate of drug-likeness (QED) is 0.868. The molecule has 0 fully saturated rings. The Morgan fingerprint density at radius 2 is 1.89 bits per heavy atom. The van der Waals surface area contributed by atoms with E-state index in [9.17, 15) is 4.39 Å². The highest BCUT2D eigenvalue weighted by molar-refractivity contribution is 5.39. The molecule has 100 valence electrons. The van der Waals surface area contributed by atoms with Gasteiger partial charge in [0.2, 0.25) is 0 Å². The van der Waals surface area contributed by atoms with Crippen LogP contribution in [0.25, 0.3) is 0 Å². The van der Waals surface area contributed by atoms with Crippen molar-refractivity contribution in [2.75, 3.05) is 6.54 Å². The Morgan fingerprint density at radius 3 is 2.58 bits per heavy atom. The van der Waals surface area contributed by atoms with E-state index in [4.69, 9.17) is 0 Å². The van der Waals surface area contributed by atoms with Gasteiger partial charge in [0.05, 0.1) is 6.04 Å². The van der Waals surface area contributed by atoms with Gasteiger partial charge in [0.1, 0.15) is 5.82 Å². The Labute approximate surface area is 114 Å². The number of hydrogen-bond acceptors (Lipinski definition) is 1. The first-order valence-corrected chi connectivity index (χ1v) is 6.68. The molecule has 0 amide bonds. The van der Waals surface area contributed by atoms with Gasteiger partial charge in [0.25, 0.3) is 0 Å². The van der Waals surface area contributed by atoms with E-state index < -0.39 is 0 Å². The molecular weight excluding hydrogens is 237 g/mol. The minimum atomic E-state index is -0.189. The van der Waals surface area contributed by atoms with Crippen molar-refractivity contribution in [3.8, 4) is 0 Å². The predicted octanol–water partition coefficient (Wildman–Crippen LogP) is 4.14. The minimum Gasteiger partial charge on any atom is -0.307 e. The van der Waals surface area contributed by atoms with Crippen LogP contribution < -0.4 is 5.32 Å². The molecule has 2 heteroatoms.